The van der Waals surface area contributed by atoms with Gasteiger partial charge in [-0.15, -0.1) is 0 Å². The number of hydrogen-bond donors (Lipinski definition) is 2. The van der Waals surface area contributed by atoms with Gasteiger partial charge in [-0.2, -0.15) is 5.26 Å². The molecule has 1 amide bonds. The average molecular weight is 467 g/mol. The molecule has 9 nitrogen and oxygen atoms in total. The maximum absolute atomic E-state index is 12.6. The lowest BCUT2D eigenvalue weighted by molar-refractivity contribution is -0.384. The van der Waals surface area contributed by atoms with E-state index in [1.165, 1.54) is 25.3 Å². The number of nitrogens with zero attached hydrogens (tertiary/aromatic N) is 3. The van der Waals surface area contributed by atoms with E-state index in [1.807, 2.05) is 6.07 Å². The Balaban J connectivity index is 2.08. The van der Waals surface area contributed by atoms with Crippen molar-refractivity contribution >= 4 is 34.7 Å². The van der Waals surface area contributed by atoms with Gasteiger partial charge in [0.1, 0.15) is 17.2 Å². The lowest BCUT2D eigenvalue weighted by Crippen LogP contribution is -2.19. The summed E-state index contributed by atoms with van der Waals surface area (Å²) in [5.74, 6) is 0.236. The van der Waals surface area contributed by atoms with Crippen LogP contribution >= 0.6 is 0 Å². The van der Waals surface area contributed by atoms with Crippen LogP contribution in [0.1, 0.15) is 27.0 Å². The quantitative estimate of drug-likeness (QED) is 0.185. The first kappa shape index (κ1) is 24.5. The second-order valence-corrected chi connectivity index (χ2v) is 7.53. The average Bonchev–Trinajstić information content (AvgIpc) is 2.85. The third-order valence-corrected chi connectivity index (χ3v) is 5.10. The minimum Gasteiger partial charge on any atom is -0.456 e. The van der Waals surface area contributed by atoms with Crippen molar-refractivity contribution in [3.63, 3.8) is 0 Å². The molecular formula is C26H21N5O4. The molecule has 0 heterocycles. The highest BCUT2D eigenvalue weighted by Gasteiger charge is 2.21. The zero-order chi connectivity index (χ0) is 25.5. The summed E-state index contributed by atoms with van der Waals surface area (Å²) in [4.78, 5) is 27.1. The summed E-state index contributed by atoms with van der Waals surface area (Å²) in [6.07, 6.45) is 2.90. The van der Waals surface area contributed by atoms with Gasteiger partial charge in [-0.3, -0.25) is 14.9 Å². The van der Waals surface area contributed by atoms with Crippen molar-refractivity contribution in [2.24, 2.45) is 0 Å². The van der Waals surface area contributed by atoms with Gasteiger partial charge in [-0.25, -0.2) is 4.85 Å². The Labute approximate surface area is 202 Å². The molecule has 174 valence electrons. The van der Waals surface area contributed by atoms with Crippen LogP contribution in [0.5, 0.6) is 11.5 Å². The number of carbonyl (C=O) groups is 1. The SMILES string of the molecule is [C-]#[N+]c1ccc(Nc2cc(Oc3c(C)cc(/C=C/C#N)cc3C(=O)NC)c(C)cc2[N+](=O)[O-])cc1. The van der Waals surface area contributed by atoms with Crippen LogP contribution in [0, 0.1) is 41.9 Å². The highest BCUT2D eigenvalue weighted by Crippen LogP contribution is 2.38. The molecule has 0 fully saturated rings. The van der Waals surface area contributed by atoms with Gasteiger partial charge < -0.3 is 15.4 Å². The first-order valence-corrected chi connectivity index (χ1v) is 10.4. The summed E-state index contributed by atoms with van der Waals surface area (Å²) in [6.45, 7) is 10.5. The molecule has 0 bridgehead atoms. The molecule has 35 heavy (non-hydrogen) atoms. The van der Waals surface area contributed by atoms with E-state index in [-0.39, 0.29) is 22.8 Å². The maximum Gasteiger partial charge on any atom is 0.293 e. The molecule has 3 rings (SSSR count). The van der Waals surface area contributed by atoms with E-state index in [4.69, 9.17) is 16.6 Å². The molecule has 2 N–H and O–H groups in total. The number of nitrogens with one attached hydrogen (secondary N) is 2. The number of ether oxygens (including phenoxy) is 1. The number of rotatable bonds is 7. The fraction of sp³-hybridized carbons (Fsp3) is 0.115. The monoisotopic (exact) mass is 467 g/mol. The Hall–Kier alpha value is -5.15. The number of benzene rings is 3. The van der Waals surface area contributed by atoms with Gasteiger partial charge in [0.25, 0.3) is 11.6 Å². The molecule has 0 aliphatic carbocycles. The van der Waals surface area contributed by atoms with Gasteiger partial charge in [0.15, 0.2) is 5.69 Å². The molecule has 0 spiro atoms. The topological polar surface area (TPSA) is 122 Å². The molecule has 0 aliphatic heterocycles. The van der Waals surface area contributed by atoms with Crippen LogP contribution in [-0.4, -0.2) is 17.9 Å². The van der Waals surface area contributed by atoms with Crippen LogP contribution in [-0.2, 0) is 0 Å². The van der Waals surface area contributed by atoms with E-state index in [0.29, 0.717) is 39.6 Å². The van der Waals surface area contributed by atoms with E-state index in [9.17, 15) is 14.9 Å². The van der Waals surface area contributed by atoms with E-state index in [1.54, 1.807) is 56.3 Å². The number of allylic oxidation sites excluding steroid dienone is 1. The van der Waals surface area contributed by atoms with Crippen LogP contribution in [0.3, 0.4) is 0 Å². The second kappa shape index (κ2) is 10.6. The number of nitro benzene ring substituents is 1. The standard InChI is InChI=1S/C26H21N5O4/c1-16-13-23(31(33)34)22(30-20-9-7-19(28-3)8-10-20)15-24(16)35-25-17(2)12-18(6-5-11-27)14-21(25)26(32)29-4/h5-10,12-15,30H,1-2,4H3,(H,29,32)/b6-5+. The zero-order valence-corrected chi connectivity index (χ0v) is 19.2. The fourth-order valence-electron chi connectivity index (χ4n) is 3.39. The summed E-state index contributed by atoms with van der Waals surface area (Å²) in [5.41, 5.74) is 3.11. The lowest BCUT2D eigenvalue weighted by atomic mass is 10.0. The molecule has 0 saturated heterocycles. The normalized spacial score (nSPS) is 10.3. The molecule has 0 aromatic heterocycles. The predicted octanol–water partition coefficient (Wildman–Crippen LogP) is 6.19. The van der Waals surface area contributed by atoms with Crippen molar-refractivity contribution in [3.8, 4) is 17.6 Å². The number of anilines is 2. The van der Waals surface area contributed by atoms with Crippen molar-refractivity contribution in [2.45, 2.75) is 13.8 Å². The van der Waals surface area contributed by atoms with Gasteiger partial charge >= 0.3 is 0 Å². The van der Waals surface area contributed by atoms with Gasteiger partial charge in [0.2, 0.25) is 0 Å². The molecule has 3 aromatic rings. The van der Waals surface area contributed by atoms with E-state index in [2.05, 4.69) is 15.5 Å². The number of hydrogen-bond acceptors (Lipinski definition) is 6. The van der Waals surface area contributed by atoms with Crippen molar-refractivity contribution in [3.05, 3.63) is 98.4 Å². The number of aryl methyl sites for hydroxylation is 2. The van der Waals surface area contributed by atoms with Crippen LogP contribution < -0.4 is 15.4 Å². The smallest absolute Gasteiger partial charge is 0.293 e. The summed E-state index contributed by atoms with van der Waals surface area (Å²) < 4.78 is 6.15. The van der Waals surface area contributed by atoms with Crippen LogP contribution in [0.4, 0.5) is 22.7 Å². The van der Waals surface area contributed by atoms with Gasteiger partial charge in [0.05, 0.1) is 23.1 Å². The molecule has 9 heteroatoms. The fourth-order valence-corrected chi connectivity index (χ4v) is 3.39. The van der Waals surface area contributed by atoms with E-state index < -0.39 is 4.92 Å². The van der Waals surface area contributed by atoms with Gasteiger partial charge in [-0.1, -0.05) is 12.1 Å². The minimum atomic E-state index is -0.496. The third kappa shape index (κ3) is 5.62. The molecule has 0 saturated carbocycles. The Morgan fingerprint density at radius 1 is 1.17 bits per heavy atom. The predicted molar refractivity (Wildman–Crippen MR) is 133 cm³/mol. The number of nitriles is 1. The molecule has 3 aromatic carbocycles. The van der Waals surface area contributed by atoms with Gasteiger partial charge in [-0.05, 0) is 60.9 Å². The minimum absolute atomic E-state index is 0.149. The highest BCUT2D eigenvalue weighted by molar-refractivity contribution is 5.98. The van der Waals surface area contributed by atoms with Gasteiger partial charge in [0, 0.05) is 30.9 Å². The van der Waals surface area contributed by atoms with Crippen molar-refractivity contribution in [1.29, 1.82) is 5.26 Å². The molecule has 0 unspecified atom stereocenters. The number of carbonyl (C=O) groups excluding carboxylic acids is 1. The second-order valence-electron chi connectivity index (χ2n) is 7.53. The van der Waals surface area contributed by atoms with Crippen molar-refractivity contribution < 1.29 is 14.5 Å². The largest absolute Gasteiger partial charge is 0.456 e. The third-order valence-electron chi connectivity index (χ3n) is 5.10. The Morgan fingerprint density at radius 3 is 2.49 bits per heavy atom. The summed E-state index contributed by atoms with van der Waals surface area (Å²) in [5, 5.41) is 26.1. The molecule has 0 atom stereocenters. The Bertz CT molecular complexity index is 1410. The number of amides is 1. The first-order chi connectivity index (χ1) is 16.8. The summed E-state index contributed by atoms with van der Waals surface area (Å²) in [6, 6.07) is 14.7. The van der Waals surface area contributed by atoms with E-state index >= 15 is 0 Å². The molecular weight excluding hydrogens is 446 g/mol. The van der Waals surface area contributed by atoms with E-state index in [0.717, 1.165) is 0 Å². The lowest BCUT2D eigenvalue weighted by Gasteiger charge is -2.17. The number of nitro groups is 1. The van der Waals surface area contributed by atoms with Crippen molar-refractivity contribution in [1.82, 2.24) is 5.32 Å². The zero-order valence-electron chi connectivity index (χ0n) is 19.2. The highest BCUT2D eigenvalue weighted by atomic mass is 16.6. The Kier molecular flexibility index (Phi) is 7.45. The maximum atomic E-state index is 12.6. The van der Waals surface area contributed by atoms with Crippen LogP contribution in [0.2, 0.25) is 0 Å². The van der Waals surface area contributed by atoms with Crippen LogP contribution in [0.15, 0.2) is 54.6 Å². The van der Waals surface area contributed by atoms with Crippen molar-refractivity contribution in [2.75, 3.05) is 12.4 Å². The Morgan fingerprint density at radius 2 is 1.89 bits per heavy atom. The molecule has 0 aliphatic rings. The summed E-state index contributed by atoms with van der Waals surface area (Å²) in [7, 11) is 1.50. The summed E-state index contributed by atoms with van der Waals surface area (Å²) >= 11 is 0. The molecule has 0 radical (unpaired) electrons. The first-order valence-electron chi connectivity index (χ1n) is 10.4. The van der Waals surface area contributed by atoms with Crippen LogP contribution in [0.25, 0.3) is 10.9 Å².